The first-order valence-electron chi connectivity index (χ1n) is 7.99. The summed E-state index contributed by atoms with van der Waals surface area (Å²) in [5.74, 6) is 2.74. The third-order valence-corrected chi connectivity index (χ3v) is 5.04. The molecule has 0 spiro atoms. The predicted molar refractivity (Wildman–Crippen MR) is 96.5 cm³/mol. The van der Waals surface area contributed by atoms with Crippen LogP contribution in [0.5, 0.6) is 5.75 Å². The van der Waals surface area contributed by atoms with Crippen LogP contribution in [-0.2, 0) is 25.8 Å². The summed E-state index contributed by atoms with van der Waals surface area (Å²) in [7, 11) is 3.75. The van der Waals surface area contributed by atoms with Gasteiger partial charge in [0.15, 0.2) is 5.16 Å². The van der Waals surface area contributed by atoms with Crippen molar-refractivity contribution in [1.29, 1.82) is 0 Å². The van der Waals surface area contributed by atoms with Gasteiger partial charge in [0.1, 0.15) is 11.6 Å². The molecule has 1 aromatic carbocycles. The molecule has 0 atom stereocenters. The minimum absolute atomic E-state index is 0.796. The van der Waals surface area contributed by atoms with Gasteiger partial charge in [-0.25, -0.2) is 0 Å². The molecule has 0 unspecified atom stereocenters. The van der Waals surface area contributed by atoms with Crippen molar-refractivity contribution >= 4 is 11.8 Å². The first-order chi connectivity index (χ1) is 11.7. The van der Waals surface area contributed by atoms with Gasteiger partial charge in [0.2, 0.25) is 0 Å². The molecule has 0 saturated heterocycles. The summed E-state index contributed by atoms with van der Waals surface area (Å²) in [4.78, 5) is 0. The number of aromatic nitrogens is 4. The van der Waals surface area contributed by atoms with E-state index in [1.54, 1.807) is 18.9 Å². The molecule has 2 heterocycles. The fourth-order valence-corrected chi connectivity index (χ4v) is 3.59. The lowest BCUT2D eigenvalue weighted by molar-refractivity contribution is 0.414. The molecule has 3 rings (SSSR count). The van der Waals surface area contributed by atoms with Crippen LogP contribution >= 0.6 is 11.8 Å². The van der Waals surface area contributed by atoms with E-state index >= 15 is 0 Å². The summed E-state index contributed by atoms with van der Waals surface area (Å²) in [6, 6.07) is 12.3. The van der Waals surface area contributed by atoms with E-state index in [1.807, 2.05) is 12.1 Å². The minimum Gasteiger partial charge on any atom is -0.497 e. The number of thioether (sulfide) groups is 1. The van der Waals surface area contributed by atoms with Crippen molar-refractivity contribution in [3.05, 3.63) is 59.7 Å². The Balaban J connectivity index is 1.73. The largest absolute Gasteiger partial charge is 0.497 e. The van der Waals surface area contributed by atoms with Crippen LogP contribution in [0.2, 0.25) is 0 Å². The Hall–Kier alpha value is -2.21. The molecule has 0 fully saturated rings. The Morgan fingerprint density at radius 3 is 2.75 bits per heavy atom. The number of ether oxygens (including phenoxy) is 1. The minimum atomic E-state index is 0.796. The molecule has 0 radical (unpaired) electrons. The number of methoxy groups -OCH3 is 1. The van der Waals surface area contributed by atoms with E-state index in [2.05, 4.69) is 63.8 Å². The maximum absolute atomic E-state index is 5.28. The van der Waals surface area contributed by atoms with Gasteiger partial charge >= 0.3 is 0 Å². The second kappa shape index (κ2) is 7.57. The van der Waals surface area contributed by atoms with E-state index in [-0.39, 0.29) is 0 Å². The highest BCUT2D eigenvalue weighted by Crippen LogP contribution is 2.24. The van der Waals surface area contributed by atoms with Gasteiger partial charge in [0, 0.05) is 37.7 Å². The molecule has 6 heteroatoms. The topological polar surface area (TPSA) is 44.9 Å². The quantitative estimate of drug-likeness (QED) is 0.616. The predicted octanol–water partition coefficient (Wildman–Crippen LogP) is 3.53. The SMILES string of the molecule is CCn1c(Cc2cccn2C)nnc1SCc1cccc(OC)c1. The van der Waals surface area contributed by atoms with Crippen LogP contribution in [0.3, 0.4) is 0 Å². The maximum atomic E-state index is 5.28. The summed E-state index contributed by atoms with van der Waals surface area (Å²) < 4.78 is 9.60. The summed E-state index contributed by atoms with van der Waals surface area (Å²) in [6.07, 6.45) is 2.85. The molecule has 3 aromatic rings. The first kappa shape index (κ1) is 16.6. The molecule has 0 aliphatic rings. The van der Waals surface area contributed by atoms with Crippen LogP contribution in [0, 0.1) is 0 Å². The van der Waals surface area contributed by atoms with Gasteiger partial charge in [0.05, 0.1) is 7.11 Å². The maximum Gasteiger partial charge on any atom is 0.191 e. The second-order valence-corrected chi connectivity index (χ2v) is 6.51. The highest BCUT2D eigenvalue weighted by Gasteiger charge is 2.13. The normalized spacial score (nSPS) is 11.0. The van der Waals surface area contributed by atoms with E-state index in [1.165, 1.54) is 11.3 Å². The Bertz CT molecular complexity index is 809. The van der Waals surface area contributed by atoms with E-state index in [0.717, 1.165) is 35.4 Å². The van der Waals surface area contributed by atoms with Gasteiger partial charge in [-0.3, -0.25) is 0 Å². The van der Waals surface area contributed by atoms with Crippen molar-refractivity contribution in [3.8, 4) is 5.75 Å². The fraction of sp³-hybridized carbons (Fsp3) is 0.333. The van der Waals surface area contributed by atoms with Gasteiger partial charge < -0.3 is 13.9 Å². The highest BCUT2D eigenvalue weighted by molar-refractivity contribution is 7.98. The molecular formula is C18H22N4OS. The molecule has 0 aliphatic carbocycles. The summed E-state index contributed by atoms with van der Waals surface area (Å²) in [5, 5.41) is 9.76. The van der Waals surface area contributed by atoms with Crippen LogP contribution in [0.1, 0.15) is 24.0 Å². The van der Waals surface area contributed by atoms with Crippen molar-refractivity contribution in [2.45, 2.75) is 30.8 Å². The molecule has 0 N–H and O–H groups in total. The number of aryl methyl sites for hydroxylation is 1. The lowest BCUT2D eigenvalue weighted by atomic mass is 10.2. The van der Waals surface area contributed by atoms with Crippen molar-refractivity contribution in [3.63, 3.8) is 0 Å². The molecule has 0 bridgehead atoms. The molecule has 0 saturated carbocycles. The lowest BCUT2D eigenvalue weighted by Gasteiger charge is -2.08. The van der Waals surface area contributed by atoms with Gasteiger partial charge in [-0.15, -0.1) is 10.2 Å². The van der Waals surface area contributed by atoms with Gasteiger partial charge in [-0.2, -0.15) is 0 Å². The molecular weight excluding hydrogens is 320 g/mol. The number of rotatable bonds is 7. The summed E-state index contributed by atoms with van der Waals surface area (Å²) >= 11 is 1.71. The molecule has 2 aromatic heterocycles. The highest BCUT2D eigenvalue weighted by atomic mass is 32.2. The standard InChI is InChI=1S/C18H22N4OS/c1-4-22-17(12-15-8-6-10-21(15)2)19-20-18(22)24-13-14-7-5-9-16(11-14)23-3/h5-11H,4,12-13H2,1-3H3. The third-order valence-electron chi connectivity index (χ3n) is 4.00. The third kappa shape index (κ3) is 3.64. The molecule has 0 aliphatic heterocycles. The monoisotopic (exact) mass is 342 g/mol. The molecule has 24 heavy (non-hydrogen) atoms. The zero-order chi connectivity index (χ0) is 16.9. The number of benzene rings is 1. The van der Waals surface area contributed by atoms with Gasteiger partial charge in [0.25, 0.3) is 0 Å². The van der Waals surface area contributed by atoms with Crippen LogP contribution in [-0.4, -0.2) is 26.4 Å². The van der Waals surface area contributed by atoms with Crippen molar-refractivity contribution < 1.29 is 4.74 Å². The number of hydrogen-bond acceptors (Lipinski definition) is 4. The fourth-order valence-electron chi connectivity index (χ4n) is 2.63. The van der Waals surface area contributed by atoms with E-state index in [0.29, 0.717) is 0 Å². The summed E-state index contributed by atoms with van der Waals surface area (Å²) in [5.41, 5.74) is 2.45. The Kier molecular flexibility index (Phi) is 5.25. The summed E-state index contributed by atoms with van der Waals surface area (Å²) in [6.45, 7) is 3.00. The van der Waals surface area contributed by atoms with Crippen LogP contribution in [0.15, 0.2) is 47.8 Å². The van der Waals surface area contributed by atoms with Crippen LogP contribution in [0.25, 0.3) is 0 Å². The smallest absolute Gasteiger partial charge is 0.191 e. The zero-order valence-electron chi connectivity index (χ0n) is 14.3. The lowest BCUT2D eigenvalue weighted by Crippen LogP contribution is -2.06. The van der Waals surface area contributed by atoms with Crippen molar-refractivity contribution in [2.75, 3.05) is 7.11 Å². The van der Waals surface area contributed by atoms with Gasteiger partial charge in [-0.1, -0.05) is 23.9 Å². The van der Waals surface area contributed by atoms with Crippen molar-refractivity contribution in [1.82, 2.24) is 19.3 Å². The first-order valence-corrected chi connectivity index (χ1v) is 8.97. The Morgan fingerprint density at radius 2 is 2.04 bits per heavy atom. The van der Waals surface area contributed by atoms with Gasteiger partial charge in [-0.05, 0) is 36.8 Å². The van der Waals surface area contributed by atoms with Crippen LogP contribution in [0.4, 0.5) is 0 Å². The molecule has 5 nitrogen and oxygen atoms in total. The van der Waals surface area contributed by atoms with Crippen molar-refractivity contribution in [2.24, 2.45) is 7.05 Å². The van der Waals surface area contributed by atoms with E-state index in [9.17, 15) is 0 Å². The zero-order valence-corrected chi connectivity index (χ0v) is 15.1. The van der Waals surface area contributed by atoms with E-state index < -0.39 is 0 Å². The number of hydrogen-bond donors (Lipinski definition) is 0. The average molecular weight is 342 g/mol. The Labute approximate surface area is 146 Å². The second-order valence-electron chi connectivity index (χ2n) is 5.57. The average Bonchev–Trinajstić information content (AvgIpc) is 3.19. The molecule has 126 valence electrons. The molecule has 0 amide bonds. The van der Waals surface area contributed by atoms with E-state index in [4.69, 9.17) is 4.74 Å². The Morgan fingerprint density at radius 1 is 1.17 bits per heavy atom. The number of nitrogens with zero attached hydrogens (tertiary/aromatic N) is 4. The van der Waals surface area contributed by atoms with Crippen LogP contribution < -0.4 is 4.74 Å².